The molecule has 1 rings (SSSR count). The first kappa shape index (κ1) is 21.1. The van der Waals surface area contributed by atoms with E-state index >= 15 is 0 Å². The third kappa shape index (κ3) is 11.3. The zero-order chi connectivity index (χ0) is 14.3. The second-order valence-electron chi connectivity index (χ2n) is 5.08. The number of carboxylic acids is 2. The fourth-order valence-electron chi connectivity index (χ4n) is 1.18. The van der Waals surface area contributed by atoms with E-state index in [0.29, 0.717) is 0 Å². The summed E-state index contributed by atoms with van der Waals surface area (Å²) >= 11 is 2.12. The van der Waals surface area contributed by atoms with E-state index in [9.17, 15) is 9.59 Å². The molecule has 0 saturated heterocycles. The number of carbonyl (C=O) groups is 2. The van der Waals surface area contributed by atoms with Crippen LogP contribution in [0.5, 0.6) is 0 Å². The summed E-state index contributed by atoms with van der Waals surface area (Å²) in [5.41, 5.74) is 1.69. The van der Waals surface area contributed by atoms with Crippen molar-refractivity contribution in [1.29, 1.82) is 0 Å². The van der Waals surface area contributed by atoms with Gasteiger partial charge >= 0.3 is 119 Å². The van der Waals surface area contributed by atoms with Gasteiger partial charge in [-0.15, -0.1) is 0 Å². The minimum absolute atomic E-state index is 0. The van der Waals surface area contributed by atoms with Gasteiger partial charge in [0.25, 0.3) is 0 Å². The predicted octanol–water partition coefficient (Wildman–Crippen LogP) is 0.675. The number of hydrogen-bond donors (Lipinski definition) is 2. The van der Waals surface area contributed by atoms with Gasteiger partial charge in [0.15, 0.2) is 0 Å². The van der Waals surface area contributed by atoms with E-state index < -0.39 is 18.4 Å². The van der Waals surface area contributed by atoms with Gasteiger partial charge in [0.1, 0.15) is 6.42 Å². The van der Waals surface area contributed by atoms with Crippen molar-refractivity contribution in [2.75, 3.05) is 0 Å². The zero-order valence-corrected chi connectivity index (χ0v) is 11.2. The summed E-state index contributed by atoms with van der Waals surface area (Å²) in [4.78, 5) is 18.9. The Balaban J connectivity index is 0. The Morgan fingerprint density at radius 2 is 1.42 bits per heavy atom. The molecule has 0 amide bonds. The topological polar surface area (TPSA) is 74.6 Å². The Kier molecular flexibility index (Phi) is 10.7. The van der Waals surface area contributed by atoms with Crippen LogP contribution in [-0.2, 0) is 15.0 Å². The van der Waals surface area contributed by atoms with Crippen LogP contribution in [0.15, 0.2) is 24.3 Å². The monoisotopic (exact) mass is 268 g/mol. The van der Waals surface area contributed by atoms with Gasteiger partial charge in [-0.1, -0.05) is 0 Å². The second-order valence-corrected chi connectivity index (χ2v) is 5.08. The van der Waals surface area contributed by atoms with Crippen molar-refractivity contribution >= 4 is 63.4 Å². The van der Waals surface area contributed by atoms with Gasteiger partial charge < -0.3 is 10.2 Å². The summed E-state index contributed by atoms with van der Waals surface area (Å²) in [6.45, 7) is 6.70. The summed E-state index contributed by atoms with van der Waals surface area (Å²) in [5.74, 6) is -2.62. The molecule has 96 valence electrons. The number of benzene rings is 1. The number of carboxylic acid groups (broad SMARTS) is 2. The molecule has 0 aliphatic rings. The minimum atomic E-state index is -1.31. The zero-order valence-electron chi connectivity index (χ0n) is 11.2. The van der Waals surface area contributed by atoms with Gasteiger partial charge in [0.2, 0.25) is 0 Å². The molecule has 0 heterocycles. The molecule has 4 nitrogen and oxygen atoms in total. The molecular formula is C13H18LiNaO4. The fraction of sp³-hybridized carbons (Fsp3) is 0.385. The molecule has 19 heavy (non-hydrogen) atoms. The SMILES string of the molecule is O=C(O)CC(=O)O.[Li][c]1ccc(C(C)(C)C)cc1.[NaH]. The first-order valence-corrected chi connectivity index (χ1v) is 5.63. The van der Waals surface area contributed by atoms with Crippen LogP contribution in [0.3, 0.4) is 0 Å². The molecule has 6 heteroatoms. The van der Waals surface area contributed by atoms with E-state index in [1.165, 1.54) is 9.80 Å². The van der Waals surface area contributed by atoms with Crippen LogP contribution in [0.2, 0.25) is 0 Å². The standard InChI is InChI=1S/C10H13.C3H4O4.Li.Na.H/c1-10(2,3)9-7-5-4-6-8-9;4-2(5)1-3(6)7;;;/h5-8H,1-3H3;1H2,(H,4,5)(H,6,7);;;. The van der Waals surface area contributed by atoms with Gasteiger partial charge in [-0.3, -0.25) is 9.59 Å². The molecule has 1 aromatic rings. The second kappa shape index (κ2) is 9.63. The Morgan fingerprint density at radius 1 is 1.05 bits per heavy atom. The molecule has 1 aromatic carbocycles. The summed E-state index contributed by atoms with van der Waals surface area (Å²) in [6, 6.07) is 8.74. The van der Waals surface area contributed by atoms with E-state index in [2.05, 4.69) is 62.8 Å². The average molecular weight is 268 g/mol. The molecule has 2 N–H and O–H groups in total. The van der Waals surface area contributed by atoms with Gasteiger partial charge in [0, 0.05) is 0 Å². The van der Waals surface area contributed by atoms with Crippen LogP contribution < -0.4 is 4.24 Å². The Morgan fingerprint density at radius 3 is 1.63 bits per heavy atom. The van der Waals surface area contributed by atoms with Crippen LogP contribution in [-0.4, -0.2) is 69.4 Å². The van der Waals surface area contributed by atoms with Crippen LogP contribution in [0.4, 0.5) is 0 Å². The van der Waals surface area contributed by atoms with Crippen molar-refractivity contribution in [3.05, 3.63) is 29.8 Å². The van der Waals surface area contributed by atoms with Crippen molar-refractivity contribution in [2.24, 2.45) is 0 Å². The predicted molar refractivity (Wildman–Crippen MR) is 77.6 cm³/mol. The molecule has 0 saturated carbocycles. The Hall–Kier alpha value is -0.243. The Labute approximate surface area is 145 Å². The number of hydrogen-bond acceptors (Lipinski definition) is 2. The van der Waals surface area contributed by atoms with Crippen LogP contribution in [0.25, 0.3) is 0 Å². The molecular weight excluding hydrogens is 250 g/mol. The van der Waals surface area contributed by atoms with E-state index in [-0.39, 0.29) is 35.0 Å². The van der Waals surface area contributed by atoms with Crippen LogP contribution in [0.1, 0.15) is 32.8 Å². The summed E-state index contributed by atoms with van der Waals surface area (Å²) in [6.07, 6.45) is -0.806. The van der Waals surface area contributed by atoms with Gasteiger partial charge in [0.05, 0.1) is 0 Å². The molecule has 0 bridgehead atoms. The summed E-state index contributed by atoms with van der Waals surface area (Å²) < 4.78 is 1.33. The number of aliphatic carboxylic acids is 2. The van der Waals surface area contributed by atoms with Gasteiger partial charge in [-0.05, 0) is 0 Å². The molecule has 0 aliphatic carbocycles. The van der Waals surface area contributed by atoms with E-state index in [0.717, 1.165) is 0 Å². The van der Waals surface area contributed by atoms with Crippen molar-refractivity contribution in [3.63, 3.8) is 0 Å². The molecule has 0 aromatic heterocycles. The van der Waals surface area contributed by atoms with E-state index in [4.69, 9.17) is 10.2 Å². The number of rotatable bonds is 2. The summed E-state index contributed by atoms with van der Waals surface area (Å²) in [7, 11) is 0. The molecule has 0 spiro atoms. The van der Waals surface area contributed by atoms with Crippen molar-refractivity contribution in [3.8, 4) is 0 Å². The van der Waals surface area contributed by atoms with E-state index in [1.807, 2.05) is 0 Å². The third-order valence-corrected chi connectivity index (χ3v) is 2.22. The van der Waals surface area contributed by atoms with Crippen LogP contribution in [0, 0.1) is 0 Å². The molecule has 0 radical (unpaired) electrons. The van der Waals surface area contributed by atoms with Crippen LogP contribution >= 0.6 is 0 Å². The van der Waals surface area contributed by atoms with Crippen molar-refractivity contribution in [2.45, 2.75) is 32.6 Å². The van der Waals surface area contributed by atoms with E-state index in [1.54, 1.807) is 0 Å². The molecule has 0 aliphatic heterocycles. The van der Waals surface area contributed by atoms with Gasteiger partial charge in [-0.2, -0.15) is 0 Å². The Bertz CT molecular complexity index is 398. The molecule has 0 unspecified atom stereocenters. The third-order valence-electron chi connectivity index (χ3n) is 2.22. The molecule has 0 atom stereocenters. The quantitative estimate of drug-likeness (QED) is 0.611. The first-order chi connectivity index (χ1) is 8.12. The summed E-state index contributed by atoms with van der Waals surface area (Å²) in [5, 5.41) is 15.4. The van der Waals surface area contributed by atoms with Crippen molar-refractivity contribution in [1.82, 2.24) is 0 Å². The normalized spacial score (nSPS) is 9.74. The first-order valence-electron chi connectivity index (χ1n) is 5.63. The molecule has 0 fully saturated rings. The maximum absolute atomic E-state index is 9.43. The van der Waals surface area contributed by atoms with Gasteiger partial charge in [-0.25, -0.2) is 0 Å². The average Bonchev–Trinajstić information content (AvgIpc) is 2.15. The fourth-order valence-corrected chi connectivity index (χ4v) is 1.18. The maximum atomic E-state index is 9.43. The van der Waals surface area contributed by atoms with Crippen molar-refractivity contribution < 1.29 is 19.8 Å².